The molecule has 0 aromatic rings. The van der Waals surface area contributed by atoms with E-state index in [9.17, 15) is 0 Å². The van der Waals surface area contributed by atoms with Crippen molar-refractivity contribution in [1.29, 1.82) is 0 Å². The summed E-state index contributed by atoms with van der Waals surface area (Å²) in [6.07, 6.45) is 5.27. The number of nitrogens with zero attached hydrogens (tertiary/aromatic N) is 1. The second kappa shape index (κ2) is 4.17. The molecule has 0 amide bonds. The van der Waals surface area contributed by atoms with Gasteiger partial charge in [-0.05, 0) is 19.8 Å². The molecule has 0 aromatic carbocycles. The van der Waals surface area contributed by atoms with Crippen LogP contribution >= 0.6 is 0 Å². The van der Waals surface area contributed by atoms with Crippen LogP contribution in [0.15, 0.2) is 0 Å². The number of ether oxygens (including phenoxy) is 1. The average Bonchev–Trinajstić information content (AvgIpc) is 2.68. The SMILES string of the molecule is CC1COCCN1C1(CN)CCCC1. The lowest BCUT2D eigenvalue weighted by Gasteiger charge is -2.46. The van der Waals surface area contributed by atoms with Crippen molar-refractivity contribution in [3.63, 3.8) is 0 Å². The fourth-order valence-electron chi connectivity index (χ4n) is 3.07. The van der Waals surface area contributed by atoms with Crippen LogP contribution in [0, 0.1) is 0 Å². The van der Waals surface area contributed by atoms with E-state index >= 15 is 0 Å². The van der Waals surface area contributed by atoms with Crippen LogP contribution in [-0.4, -0.2) is 42.8 Å². The predicted molar refractivity (Wildman–Crippen MR) is 57.2 cm³/mol. The van der Waals surface area contributed by atoms with Crippen LogP contribution in [0.5, 0.6) is 0 Å². The zero-order valence-corrected chi connectivity index (χ0v) is 9.17. The standard InChI is InChI=1S/C11H22N2O/c1-10-8-14-7-6-13(10)11(9-12)4-2-3-5-11/h10H,2-9,12H2,1H3. The molecule has 1 heterocycles. The van der Waals surface area contributed by atoms with Gasteiger partial charge in [0.1, 0.15) is 0 Å². The Morgan fingerprint density at radius 2 is 2.14 bits per heavy atom. The summed E-state index contributed by atoms with van der Waals surface area (Å²) >= 11 is 0. The maximum absolute atomic E-state index is 5.98. The third-order valence-electron chi connectivity index (χ3n) is 3.89. The summed E-state index contributed by atoms with van der Waals surface area (Å²) in [5.74, 6) is 0. The van der Waals surface area contributed by atoms with Gasteiger partial charge in [-0.2, -0.15) is 0 Å². The van der Waals surface area contributed by atoms with Gasteiger partial charge in [0.15, 0.2) is 0 Å². The van der Waals surface area contributed by atoms with E-state index in [0.29, 0.717) is 11.6 Å². The molecule has 3 heteroatoms. The van der Waals surface area contributed by atoms with Gasteiger partial charge < -0.3 is 10.5 Å². The highest BCUT2D eigenvalue weighted by atomic mass is 16.5. The monoisotopic (exact) mass is 198 g/mol. The van der Waals surface area contributed by atoms with Crippen molar-refractivity contribution in [1.82, 2.24) is 4.90 Å². The first kappa shape index (κ1) is 10.4. The highest BCUT2D eigenvalue weighted by molar-refractivity contribution is 4.98. The van der Waals surface area contributed by atoms with Crippen LogP contribution < -0.4 is 5.73 Å². The molecule has 2 N–H and O–H groups in total. The Balaban J connectivity index is 2.09. The first-order valence-corrected chi connectivity index (χ1v) is 5.83. The van der Waals surface area contributed by atoms with E-state index < -0.39 is 0 Å². The minimum Gasteiger partial charge on any atom is -0.379 e. The van der Waals surface area contributed by atoms with Crippen LogP contribution in [0.3, 0.4) is 0 Å². The molecular formula is C11H22N2O. The molecule has 1 saturated heterocycles. The Labute approximate surface area is 86.6 Å². The molecular weight excluding hydrogens is 176 g/mol. The van der Waals surface area contributed by atoms with E-state index in [4.69, 9.17) is 10.5 Å². The quantitative estimate of drug-likeness (QED) is 0.719. The fourth-order valence-corrected chi connectivity index (χ4v) is 3.07. The van der Waals surface area contributed by atoms with E-state index in [1.165, 1.54) is 25.7 Å². The molecule has 2 fully saturated rings. The molecule has 0 radical (unpaired) electrons. The molecule has 1 aliphatic carbocycles. The first-order valence-electron chi connectivity index (χ1n) is 5.83. The lowest BCUT2D eigenvalue weighted by atomic mass is 9.93. The van der Waals surface area contributed by atoms with Gasteiger partial charge in [-0.3, -0.25) is 4.90 Å². The van der Waals surface area contributed by atoms with E-state index in [1.54, 1.807) is 0 Å². The third-order valence-corrected chi connectivity index (χ3v) is 3.89. The van der Waals surface area contributed by atoms with Crippen molar-refractivity contribution >= 4 is 0 Å². The summed E-state index contributed by atoms with van der Waals surface area (Å²) in [5, 5.41) is 0. The van der Waals surface area contributed by atoms with Crippen molar-refractivity contribution in [3.8, 4) is 0 Å². The smallest absolute Gasteiger partial charge is 0.0620 e. The van der Waals surface area contributed by atoms with Gasteiger partial charge in [-0.25, -0.2) is 0 Å². The summed E-state index contributed by atoms with van der Waals surface area (Å²) in [4.78, 5) is 2.60. The minimum absolute atomic E-state index is 0.309. The lowest BCUT2D eigenvalue weighted by Crippen LogP contribution is -2.59. The van der Waals surface area contributed by atoms with E-state index in [-0.39, 0.29) is 0 Å². The van der Waals surface area contributed by atoms with Crippen LogP contribution in [0.1, 0.15) is 32.6 Å². The summed E-state index contributed by atoms with van der Waals surface area (Å²) in [6.45, 7) is 5.90. The van der Waals surface area contributed by atoms with Crippen LogP contribution in [0.2, 0.25) is 0 Å². The molecule has 0 aromatic heterocycles. The topological polar surface area (TPSA) is 38.5 Å². The Morgan fingerprint density at radius 3 is 2.71 bits per heavy atom. The summed E-state index contributed by atoms with van der Waals surface area (Å²) in [7, 11) is 0. The van der Waals surface area contributed by atoms with Crippen LogP contribution in [0.25, 0.3) is 0 Å². The second-order valence-corrected chi connectivity index (χ2v) is 4.75. The number of morpholine rings is 1. The maximum Gasteiger partial charge on any atom is 0.0620 e. The van der Waals surface area contributed by atoms with Crippen molar-refractivity contribution < 1.29 is 4.74 Å². The maximum atomic E-state index is 5.98. The Bertz CT molecular complexity index is 190. The molecule has 1 atom stereocenters. The molecule has 1 unspecified atom stereocenters. The lowest BCUT2D eigenvalue weighted by molar-refractivity contribution is -0.0545. The number of hydrogen-bond donors (Lipinski definition) is 1. The zero-order chi connectivity index (χ0) is 10.0. The summed E-state index contributed by atoms with van der Waals surface area (Å²) in [6, 6.07) is 0.547. The molecule has 2 rings (SSSR count). The van der Waals surface area contributed by atoms with Gasteiger partial charge >= 0.3 is 0 Å². The van der Waals surface area contributed by atoms with Crippen molar-refractivity contribution in [2.75, 3.05) is 26.3 Å². The molecule has 3 nitrogen and oxygen atoms in total. The molecule has 14 heavy (non-hydrogen) atoms. The first-order chi connectivity index (χ1) is 6.78. The second-order valence-electron chi connectivity index (χ2n) is 4.75. The van der Waals surface area contributed by atoms with E-state index in [0.717, 1.165) is 26.3 Å². The van der Waals surface area contributed by atoms with Gasteiger partial charge in [0.05, 0.1) is 13.2 Å². The number of nitrogens with two attached hydrogens (primary N) is 1. The third kappa shape index (κ3) is 1.69. The van der Waals surface area contributed by atoms with Gasteiger partial charge in [-0.1, -0.05) is 12.8 Å². The van der Waals surface area contributed by atoms with Crippen molar-refractivity contribution in [2.24, 2.45) is 5.73 Å². The van der Waals surface area contributed by atoms with Crippen LogP contribution in [-0.2, 0) is 4.74 Å². The van der Waals surface area contributed by atoms with Gasteiger partial charge in [0.2, 0.25) is 0 Å². The number of rotatable bonds is 2. The van der Waals surface area contributed by atoms with Crippen molar-refractivity contribution in [3.05, 3.63) is 0 Å². The van der Waals surface area contributed by atoms with E-state index in [1.807, 2.05) is 0 Å². The summed E-state index contributed by atoms with van der Waals surface area (Å²) < 4.78 is 5.48. The Kier molecular flexibility index (Phi) is 3.10. The minimum atomic E-state index is 0.309. The Morgan fingerprint density at radius 1 is 1.43 bits per heavy atom. The highest BCUT2D eigenvalue weighted by Crippen LogP contribution is 2.36. The summed E-state index contributed by atoms with van der Waals surface area (Å²) in [5.41, 5.74) is 6.29. The largest absolute Gasteiger partial charge is 0.379 e. The van der Waals surface area contributed by atoms with E-state index in [2.05, 4.69) is 11.8 Å². The molecule has 2 aliphatic rings. The fraction of sp³-hybridized carbons (Fsp3) is 1.00. The Hall–Kier alpha value is -0.120. The molecule has 82 valence electrons. The molecule has 1 aliphatic heterocycles. The van der Waals surface area contributed by atoms with Crippen molar-refractivity contribution in [2.45, 2.75) is 44.2 Å². The normalized spacial score (nSPS) is 33.4. The van der Waals surface area contributed by atoms with Gasteiger partial charge in [0, 0.05) is 24.7 Å². The predicted octanol–water partition coefficient (Wildman–Crippen LogP) is 0.979. The molecule has 0 spiro atoms. The van der Waals surface area contributed by atoms with Crippen LogP contribution in [0.4, 0.5) is 0 Å². The van der Waals surface area contributed by atoms with Gasteiger partial charge in [-0.15, -0.1) is 0 Å². The molecule has 1 saturated carbocycles. The highest BCUT2D eigenvalue weighted by Gasteiger charge is 2.41. The van der Waals surface area contributed by atoms with Gasteiger partial charge in [0.25, 0.3) is 0 Å². The average molecular weight is 198 g/mol. The molecule has 0 bridgehead atoms. The zero-order valence-electron chi connectivity index (χ0n) is 9.17. The number of hydrogen-bond acceptors (Lipinski definition) is 3.